The summed E-state index contributed by atoms with van der Waals surface area (Å²) in [6.45, 7) is 2.81. The van der Waals surface area contributed by atoms with E-state index in [0.717, 1.165) is 3.42 Å². The average Bonchev–Trinajstić information content (AvgIpc) is 2.49. The van der Waals surface area contributed by atoms with Gasteiger partial charge in [0, 0.05) is 0 Å². The van der Waals surface area contributed by atoms with Gasteiger partial charge in [0.05, 0.1) is 0 Å². The number of hydrogen-bond donors (Lipinski definition) is 0. The maximum absolute atomic E-state index is 2.51. The molecule has 54 valence electrons. The minimum atomic E-state index is 0.611. The molecule has 1 saturated heterocycles. The predicted molar refractivity (Wildman–Crippen MR) is 34.3 cm³/mol. The number of alkyl halides is 2. The Hall–Kier alpha value is 0.690. The number of nitrogens with zero attached hydrogens (tertiary/aromatic N) is 1. The van der Waals surface area contributed by atoms with E-state index in [-0.39, 0.29) is 0 Å². The van der Waals surface area contributed by atoms with Gasteiger partial charge in [0.15, 0.2) is 0 Å². The second-order valence-electron chi connectivity index (χ2n) is 3.21. The molecular weight excluding hydrogens is 225 g/mol. The molecule has 2 aliphatic rings. The van der Waals surface area contributed by atoms with E-state index in [1.54, 1.807) is 17.3 Å². The zero-order valence-electron chi connectivity index (χ0n) is 5.86. The van der Waals surface area contributed by atoms with Crippen molar-refractivity contribution in [3.63, 3.8) is 0 Å². The van der Waals surface area contributed by atoms with Crippen LogP contribution in [0.25, 0.3) is 0 Å². The third kappa shape index (κ3) is 1.24. The fourth-order valence-electron chi connectivity index (χ4n) is 1.42. The van der Waals surface area contributed by atoms with Crippen LogP contribution in [0.3, 0.4) is 0 Å². The van der Waals surface area contributed by atoms with Crippen LogP contribution in [0.4, 0.5) is 0 Å². The van der Waals surface area contributed by atoms with Gasteiger partial charge >= 0.3 is 66.9 Å². The molecule has 2 heteroatoms. The van der Waals surface area contributed by atoms with Gasteiger partial charge in [-0.05, 0) is 0 Å². The van der Waals surface area contributed by atoms with E-state index >= 15 is 0 Å². The topological polar surface area (TPSA) is 3.24 Å². The molecule has 0 unspecified atom stereocenters. The molecule has 0 aromatic rings. The molecule has 2 fully saturated rings. The van der Waals surface area contributed by atoms with E-state index in [1.165, 1.54) is 13.1 Å². The van der Waals surface area contributed by atoms with Crippen molar-refractivity contribution < 1.29 is 21.2 Å². The zero-order valence-corrected chi connectivity index (χ0v) is 8.02. The molecule has 1 aliphatic carbocycles. The van der Waals surface area contributed by atoms with E-state index in [4.69, 9.17) is 0 Å². The normalized spacial score (nSPS) is 33.9. The van der Waals surface area contributed by atoms with Crippen LogP contribution in [0.1, 0.15) is 12.8 Å². The molecule has 1 aliphatic heterocycles. The van der Waals surface area contributed by atoms with Gasteiger partial charge < -0.3 is 0 Å². The quantitative estimate of drug-likeness (QED) is 0.334. The van der Waals surface area contributed by atoms with Crippen molar-refractivity contribution in [3.05, 3.63) is 0 Å². The van der Waals surface area contributed by atoms with Crippen LogP contribution in [0.5, 0.6) is 0 Å². The van der Waals surface area contributed by atoms with Crippen molar-refractivity contribution >= 4 is 0 Å². The summed E-state index contributed by atoms with van der Waals surface area (Å²) in [5, 5.41) is 0. The van der Waals surface area contributed by atoms with Crippen LogP contribution in [-0.4, -0.2) is 32.9 Å². The third-order valence-electron chi connectivity index (χ3n) is 2.19. The van der Waals surface area contributed by atoms with Crippen molar-refractivity contribution in [2.75, 3.05) is 24.6 Å². The van der Waals surface area contributed by atoms with E-state index in [9.17, 15) is 0 Å². The summed E-state index contributed by atoms with van der Waals surface area (Å²) in [6.07, 6.45) is 3.12. The molecule has 0 radical (unpaired) electrons. The van der Waals surface area contributed by atoms with Crippen LogP contribution < -0.4 is 21.2 Å². The Labute approximate surface area is 67.1 Å². The second kappa shape index (κ2) is 2.09. The van der Waals surface area contributed by atoms with Gasteiger partial charge in [-0.3, -0.25) is 0 Å². The Morgan fingerprint density at radius 3 is 2.67 bits per heavy atom. The molecule has 0 aromatic carbocycles. The molecule has 9 heavy (non-hydrogen) atoms. The predicted octanol–water partition coefficient (Wildman–Crippen LogP) is -2.45. The summed E-state index contributed by atoms with van der Waals surface area (Å²) < 4.78 is 2.49. The van der Waals surface area contributed by atoms with Gasteiger partial charge in [-0.15, -0.1) is 0 Å². The molecule has 0 atom stereocenters. The van der Waals surface area contributed by atoms with Crippen LogP contribution in [-0.2, 0) is 0 Å². The first kappa shape index (κ1) is 6.40. The Morgan fingerprint density at radius 1 is 1.44 bits per heavy atom. The van der Waals surface area contributed by atoms with Gasteiger partial charge in [-0.1, -0.05) is 0 Å². The monoisotopic (exact) mass is 238 g/mol. The van der Waals surface area contributed by atoms with Crippen LogP contribution in [0, 0.1) is 0 Å². The van der Waals surface area contributed by atoms with Crippen molar-refractivity contribution in [2.45, 2.75) is 16.3 Å². The number of hydrogen-bond acceptors (Lipinski definition) is 1. The summed E-state index contributed by atoms with van der Waals surface area (Å²) >= 11 is 0.611. The van der Waals surface area contributed by atoms with Gasteiger partial charge in [0.25, 0.3) is 0 Å². The van der Waals surface area contributed by atoms with Crippen LogP contribution in [0.15, 0.2) is 0 Å². The van der Waals surface area contributed by atoms with Crippen LogP contribution in [0.2, 0.25) is 0 Å². The summed E-state index contributed by atoms with van der Waals surface area (Å²) in [7, 11) is 2.27. The molecule has 2 rings (SSSR count). The van der Waals surface area contributed by atoms with E-state index in [2.05, 4.69) is 11.9 Å². The second-order valence-corrected chi connectivity index (χ2v) is 7.34. The molecule has 0 aromatic heterocycles. The maximum atomic E-state index is 2.51. The number of halogens is 1. The van der Waals surface area contributed by atoms with E-state index < -0.39 is 0 Å². The standard InChI is InChI=1S/C7H13IN/c1-9-5-4-8-7(6-9)2-3-7/h2-6H2,1H3/q-1. The number of rotatable bonds is 0. The van der Waals surface area contributed by atoms with E-state index in [0.29, 0.717) is 21.2 Å². The molecule has 0 amide bonds. The SMILES string of the molecule is CN1CC[I-]C2(CC2)C1. The summed E-state index contributed by atoms with van der Waals surface area (Å²) in [5.74, 6) is 0. The molecule has 1 saturated carbocycles. The molecule has 1 nitrogen and oxygen atoms in total. The first-order chi connectivity index (χ1) is 4.31. The van der Waals surface area contributed by atoms with Crippen molar-refractivity contribution in [1.29, 1.82) is 0 Å². The molecule has 0 N–H and O–H groups in total. The van der Waals surface area contributed by atoms with Gasteiger partial charge in [-0.25, -0.2) is 0 Å². The molecule has 1 heterocycles. The third-order valence-corrected chi connectivity index (χ3v) is 6.25. The average molecular weight is 238 g/mol. The molecule has 1 spiro atoms. The van der Waals surface area contributed by atoms with Crippen molar-refractivity contribution in [1.82, 2.24) is 4.90 Å². The first-order valence-electron chi connectivity index (χ1n) is 3.60. The zero-order chi connectivity index (χ0) is 6.32. The fraction of sp³-hybridized carbons (Fsp3) is 1.00. The van der Waals surface area contributed by atoms with Gasteiger partial charge in [0.2, 0.25) is 0 Å². The van der Waals surface area contributed by atoms with Crippen LogP contribution >= 0.6 is 0 Å². The molecular formula is C7H13IN-. The summed E-state index contributed by atoms with van der Waals surface area (Å²) in [6, 6.07) is 0. The van der Waals surface area contributed by atoms with Gasteiger partial charge in [-0.2, -0.15) is 0 Å². The summed E-state index contributed by atoms with van der Waals surface area (Å²) in [4.78, 5) is 2.51. The Kier molecular flexibility index (Phi) is 1.49. The fourth-order valence-corrected chi connectivity index (χ4v) is 5.48. The Morgan fingerprint density at radius 2 is 2.22 bits per heavy atom. The van der Waals surface area contributed by atoms with Gasteiger partial charge in [0.1, 0.15) is 0 Å². The van der Waals surface area contributed by atoms with Crippen molar-refractivity contribution in [3.8, 4) is 0 Å². The Bertz CT molecular complexity index is 120. The Balaban J connectivity index is 1.96. The van der Waals surface area contributed by atoms with Crippen molar-refractivity contribution in [2.24, 2.45) is 0 Å². The minimum absolute atomic E-state index is 0.611. The summed E-state index contributed by atoms with van der Waals surface area (Å²) in [5.41, 5.74) is 0. The van der Waals surface area contributed by atoms with E-state index in [1.807, 2.05) is 0 Å². The first-order valence-corrected chi connectivity index (χ1v) is 6.20. The molecule has 0 bridgehead atoms.